The van der Waals surface area contributed by atoms with Crippen LogP contribution in [0.3, 0.4) is 0 Å². The summed E-state index contributed by atoms with van der Waals surface area (Å²) in [5.41, 5.74) is 3.92. The van der Waals surface area contributed by atoms with E-state index in [0.717, 1.165) is 48.2 Å². The van der Waals surface area contributed by atoms with Crippen molar-refractivity contribution in [3.8, 4) is 28.3 Å². The van der Waals surface area contributed by atoms with Gasteiger partial charge in [0.2, 0.25) is 5.89 Å². The molecule has 1 aromatic heterocycles. The molecule has 0 saturated heterocycles. The molecule has 0 aliphatic rings. The van der Waals surface area contributed by atoms with E-state index in [0.29, 0.717) is 11.5 Å². The summed E-state index contributed by atoms with van der Waals surface area (Å²) in [4.78, 5) is 4.79. The lowest BCUT2D eigenvalue weighted by Gasteiger charge is -2.10. The number of halogens is 1. The minimum Gasteiger partial charge on any atom is -0.507 e. The van der Waals surface area contributed by atoms with Gasteiger partial charge in [-0.25, -0.2) is 4.98 Å². The van der Waals surface area contributed by atoms with E-state index in [2.05, 4.69) is 34.1 Å². The second-order valence-corrected chi connectivity index (χ2v) is 8.44. The number of para-hydroxylation sites is 1. The predicted molar refractivity (Wildman–Crippen MR) is 129 cm³/mol. The predicted octanol–water partition coefficient (Wildman–Crippen LogP) is 7.94. The fraction of sp³-hybridized carbons (Fsp3) is 0. The summed E-state index contributed by atoms with van der Waals surface area (Å²) in [6, 6.07) is 29.9. The Morgan fingerprint density at radius 2 is 1.45 bits per heavy atom. The maximum Gasteiger partial charge on any atom is 0.227 e. The van der Waals surface area contributed by atoms with Gasteiger partial charge in [-0.05, 0) is 51.9 Å². The third kappa shape index (κ3) is 2.91. The van der Waals surface area contributed by atoms with Gasteiger partial charge in [-0.2, -0.15) is 0 Å². The Kier molecular flexibility index (Phi) is 4.08. The lowest BCUT2D eigenvalue weighted by atomic mass is 9.96. The minimum absolute atomic E-state index is 0.209. The van der Waals surface area contributed by atoms with Gasteiger partial charge in [-0.3, -0.25) is 0 Å². The van der Waals surface area contributed by atoms with Gasteiger partial charge in [0.25, 0.3) is 0 Å². The van der Waals surface area contributed by atoms with Crippen molar-refractivity contribution in [2.75, 3.05) is 0 Å². The molecule has 1 N–H and O–H groups in total. The van der Waals surface area contributed by atoms with Crippen molar-refractivity contribution in [2.24, 2.45) is 0 Å². The lowest BCUT2D eigenvalue weighted by Crippen LogP contribution is -1.84. The number of benzene rings is 5. The Bertz CT molecular complexity index is 1610. The highest BCUT2D eigenvalue weighted by Gasteiger charge is 2.18. The number of phenols is 1. The molecular weight excluding hydrogens is 450 g/mol. The smallest absolute Gasteiger partial charge is 0.227 e. The van der Waals surface area contributed by atoms with Gasteiger partial charge in [0.1, 0.15) is 11.3 Å². The van der Waals surface area contributed by atoms with Crippen LogP contribution >= 0.6 is 15.9 Å². The fourth-order valence-corrected chi connectivity index (χ4v) is 4.60. The second-order valence-electron chi connectivity index (χ2n) is 7.52. The van der Waals surface area contributed by atoms with Gasteiger partial charge < -0.3 is 9.52 Å². The van der Waals surface area contributed by atoms with E-state index in [1.165, 1.54) is 0 Å². The molecular formula is C27H16BrNO2. The number of aromatic hydroxyl groups is 1. The highest BCUT2D eigenvalue weighted by Crippen LogP contribution is 2.42. The molecule has 4 heteroatoms. The summed E-state index contributed by atoms with van der Waals surface area (Å²) in [7, 11) is 0. The molecule has 6 rings (SSSR count). The van der Waals surface area contributed by atoms with E-state index in [1.54, 1.807) is 6.07 Å². The third-order valence-electron chi connectivity index (χ3n) is 5.67. The molecule has 148 valence electrons. The second kappa shape index (κ2) is 6.96. The minimum atomic E-state index is 0.209. The summed E-state index contributed by atoms with van der Waals surface area (Å²) in [5, 5.41) is 15.0. The van der Waals surface area contributed by atoms with E-state index in [9.17, 15) is 5.11 Å². The van der Waals surface area contributed by atoms with Crippen LogP contribution in [-0.2, 0) is 0 Å². The van der Waals surface area contributed by atoms with Gasteiger partial charge in [0.05, 0.1) is 0 Å². The summed E-state index contributed by atoms with van der Waals surface area (Å²) < 4.78 is 7.30. The zero-order chi connectivity index (χ0) is 20.9. The molecule has 5 aromatic carbocycles. The number of hydrogen-bond donors (Lipinski definition) is 1. The summed E-state index contributed by atoms with van der Waals surface area (Å²) in [6.07, 6.45) is 0. The number of hydrogen-bond acceptors (Lipinski definition) is 3. The van der Waals surface area contributed by atoms with Crippen LogP contribution in [0.5, 0.6) is 5.75 Å². The summed E-state index contributed by atoms with van der Waals surface area (Å²) >= 11 is 3.55. The van der Waals surface area contributed by atoms with Crippen molar-refractivity contribution in [2.45, 2.75) is 0 Å². The molecule has 0 radical (unpaired) electrons. The van der Waals surface area contributed by atoms with Crippen LogP contribution in [0.4, 0.5) is 0 Å². The number of fused-ring (bicyclic) bond motifs is 3. The molecule has 3 nitrogen and oxygen atoms in total. The molecule has 0 unspecified atom stereocenters. The van der Waals surface area contributed by atoms with Crippen LogP contribution in [0.2, 0.25) is 0 Å². The Hall–Kier alpha value is -3.63. The quantitative estimate of drug-likeness (QED) is 0.282. The number of aromatic nitrogens is 1. The highest BCUT2D eigenvalue weighted by atomic mass is 79.9. The molecule has 31 heavy (non-hydrogen) atoms. The Morgan fingerprint density at radius 1 is 0.710 bits per heavy atom. The first kappa shape index (κ1) is 18.2. The van der Waals surface area contributed by atoms with E-state index in [-0.39, 0.29) is 5.75 Å². The van der Waals surface area contributed by atoms with Crippen LogP contribution in [0, 0.1) is 0 Å². The topological polar surface area (TPSA) is 46.3 Å². The molecule has 0 aliphatic carbocycles. The van der Waals surface area contributed by atoms with Crippen LogP contribution < -0.4 is 0 Å². The molecule has 0 amide bonds. The third-order valence-corrected chi connectivity index (χ3v) is 6.16. The maximum atomic E-state index is 10.8. The molecule has 0 atom stereocenters. The van der Waals surface area contributed by atoms with E-state index >= 15 is 0 Å². The molecule has 0 bridgehead atoms. The highest BCUT2D eigenvalue weighted by molar-refractivity contribution is 9.10. The van der Waals surface area contributed by atoms with E-state index in [1.807, 2.05) is 66.7 Å². The average Bonchev–Trinajstić information content (AvgIpc) is 3.23. The number of nitrogens with zero attached hydrogens (tertiary/aromatic N) is 1. The van der Waals surface area contributed by atoms with Gasteiger partial charge in [-0.15, -0.1) is 0 Å². The zero-order valence-electron chi connectivity index (χ0n) is 16.3. The van der Waals surface area contributed by atoms with Gasteiger partial charge in [-0.1, -0.05) is 76.6 Å². The largest absolute Gasteiger partial charge is 0.507 e. The standard InChI is InChI=1S/C27H16BrNO2/c28-18-13-11-17-12-14-24(30)25(22(17)15-18)21-9-4-10-23-26(21)31-27(29-23)20-8-3-6-16-5-1-2-7-19(16)20/h1-15,30H. The average molecular weight is 466 g/mol. The molecule has 0 spiro atoms. The number of rotatable bonds is 2. The van der Waals surface area contributed by atoms with Gasteiger partial charge >= 0.3 is 0 Å². The molecule has 0 saturated carbocycles. The molecule has 6 aromatic rings. The van der Waals surface area contributed by atoms with E-state index in [4.69, 9.17) is 9.40 Å². The Balaban J connectivity index is 1.64. The van der Waals surface area contributed by atoms with Gasteiger partial charge in [0, 0.05) is 21.2 Å². The van der Waals surface area contributed by atoms with Gasteiger partial charge in [0.15, 0.2) is 5.58 Å². The SMILES string of the molecule is Oc1ccc2ccc(Br)cc2c1-c1cccc2nc(-c3cccc4ccccc34)oc12. The van der Waals surface area contributed by atoms with Crippen molar-refractivity contribution in [1.82, 2.24) is 4.98 Å². The van der Waals surface area contributed by atoms with Crippen molar-refractivity contribution in [3.05, 3.63) is 95.5 Å². The van der Waals surface area contributed by atoms with Crippen LogP contribution in [0.1, 0.15) is 0 Å². The Labute approximate surface area is 186 Å². The Morgan fingerprint density at radius 3 is 2.39 bits per heavy atom. The molecule has 0 fully saturated rings. The fourth-order valence-electron chi connectivity index (χ4n) is 4.24. The maximum absolute atomic E-state index is 10.8. The van der Waals surface area contributed by atoms with Crippen LogP contribution in [0.15, 0.2) is 99.9 Å². The van der Waals surface area contributed by atoms with Crippen LogP contribution in [0.25, 0.3) is 55.2 Å². The summed E-state index contributed by atoms with van der Waals surface area (Å²) in [5.74, 6) is 0.779. The first-order valence-corrected chi connectivity index (χ1v) is 10.8. The van der Waals surface area contributed by atoms with Crippen molar-refractivity contribution < 1.29 is 9.52 Å². The van der Waals surface area contributed by atoms with Crippen molar-refractivity contribution in [1.29, 1.82) is 0 Å². The van der Waals surface area contributed by atoms with Crippen LogP contribution in [-0.4, -0.2) is 10.1 Å². The monoisotopic (exact) mass is 465 g/mol. The number of oxazole rings is 1. The molecule has 1 heterocycles. The lowest BCUT2D eigenvalue weighted by molar-refractivity contribution is 0.478. The van der Waals surface area contributed by atoms with Crippen molar-refractivity contribution in [3.63, 3.8) is 0 Å². The van der Waals surface area contributed by atoms with E-state index < -0.39 is 0 Å². The molecule has 0 aliphatic heterocycles. The first-order chi connectivity index (χ1) is 15.2. The first-order valence-electron chi connectivity index (χ1n) is 9.98. The normalized spacial score (nSPS) is 11.5. The zero-order valence-corrected chi connectivity index (χ0v) is 17.9. The number of phenolic OH excluding ortho intramolecular Hbond substituents is 1. The van der Waals surface area contributed by atoms with Crippen molar-refractivity contribution >= 4 is 48.6 Å². The summed E-state index contributed by atoms with van der Waals surface area (Å²) in [6.45, 7) is 0.